The van der Waals surface area contributed by atoms with Crippen LogP contribution in [-0.2, 0) is 11.3 Å². The molecule has 0 radical (unpaired) electrons. The molecular weight excluding hydrogens is 387 g/mol. The zero-order valence-electron chi connectivity index (χ0n) is 16.4. The molecule has 0 aliphatic heterocycles. The molecule has 1 atom stereocenters. The number of ether oxygens (including phenoxy) is 1. The molecule has 0 aliphatic carbocycles. The fraction of sp³-hybridized carbons (Fsp3) is 0.455. The summed E-state index contributed by atoms with van der Waals surface area (Å²) in [5.74, 6) is -1.14. The molecule has 0 saturated carbocycles. The maximum atomic E-state index is 13.8. The number of hydrogen-bond acceptors (Lipinski definition) is 2. The molecule has 1 N–H and O–H groups in total. The number of hydrogen-bond donors (Lipinski definition) is 1. The lowest BCUT2D eigenvalue weighted by atomic mass is 9.91. The van der Waals surface area contributed by atoms with E-state index in [4.69, 9.17) is 4.74 Å². The SMILES string of the molecule is Cc1cccc(C)c1C(CNCCCCF)COCc1c(F)cccc1F.Cl. The largest absolute Gasteiger partial charge is 0.376 e. The van der Waals surface area contributed by atoms with Crippen LogP contribution in [0.15, 0.2) is 36.4 Å². The van der Waals surface area contributed by atoms with Crippen molar-refractivity contribution < 1.29 is 17.9 Å². The normalized spacial score (nSPS) is 11.9. The van der Waals surface area contributed by atoms with Crippen molar-refractivity contribution in [1.82, 2.24) is 5.32 Å². The predicted octanol–water partition coefficient (Wildman–Crippen LogP) is 5.64. The van der Waals surface area contributed by atoms with E-state index in [1.165, 1.54) is 23.8 Å². The summed E-state index contributed by atoms with van der Waals surface area (Å²) in [6.07, 6.45) is 1.32. The molecule has 1 unspecified atom stereocenters. The first-order valence-electron chi connectivity index (χ1n) is 9.38. The van der Waals surface area contributed by atoms with Crippen molar-refractivity contribution in [2.24, 2.45) is 0 Å². The van der Waals surface area contributed by atoms with Gasteiger partial charge < -0.3 is 10.1 Å². The number of benzene rings is 2. The summed E-state index contributed by atoms with van der Waals surface area (Å²) < 4.78 is 45.5. The molecule has 2 aromatic rings. The lowest BCUT2D eigenvalue weighted by Crippen LogP contribution is -2.27. The number of aryl methyl sites for hydroxylation is 2. The highest BCUT2D eigenvalue weighted by Crippen LogP contribution is 2.24. The molecule has 0 amide bonds. The van der Waals surface area contributed by atoms with Gasteiger partial charge in [-0.15, -0.1) is 12.4 Å². The Hall–Kier alpha value is -1.56. The summed E-state index contributed by atoms with van der Waals surface area (Å²) in [7, 11) is 0. The lowest BCUT2D eigenvalue weighted by Gasteiger charge is -2.22. The van der Waals surface area contributed by atoms with Gasteiger partial charge in [0.2, 0.25) is 0 Å². The molecule has 0 heterocycles. The molecule has 0 fully saturated rings. The predicted molar refractivity (Wildman–Crippen MR) is 110 cm³/mol. The lowest BCUT2D eigenvalue weighted by molar-refractivity contribution is 0.101. The minimum absolute atomic E-state index is 0. The molecular formula is C22H29ClF3NO. The Bertz CT molecular complexity index is 686. The van der Waals surface area contributed by atoms with E-state index in [1.54, 1.807) is 0 Å². The van der Waals surface area contributed by atoms with Crippen LogP contribution in [0.5, 0.6) is 0 Å². The van der Waals surface area contributed by atoms with Gasteiger partial charge in [0.1, 0.15) is 11.6 Å². The van der Waals surface area contributed by atoms with Gasteiger partial charge >= 0.3 is 0 Å². The van der Waals surface area contributed by atoms with Gasteiger partial charge in [-0.3, -0.25) is 4.39 Å². The standard InChI is InChI=1S/C22H28F3NO.ClH/c1-16-7-5-8-17(2)22(16)18(13-26-12-4-3-11-23)14-27-15-19-20(24)9-6-10-21(19)25;/h5-10,18,26H,3-4,11-15H2,1-2H3;1H. The Labute approximate surface area is 171 Å². The van der Waals surface area contributed by atoms with E-state index in [9.17, 15) is 13.2 Å². The van der Waals surface area contributed by atoms with Gasteiger partial charge in [-0.05, 0) is 62.1 Å². The van der Waals surface area contributed by atoms with Crippen LogP contribution in [0.4, 0.5) is 13.2 Å². The summed E-state index contributed by atoms with van der Waals surface area (Å²) in [6.45, 7) is 5.42. The van der Waals surface area contributed by atoms with Gasteiger partial charge in [-0.25, -0.2) is 8.78 Å². The van der Waals surface area contributed by atoms with Crippen molar-refractivity contribution in [3.05, 3.63) is 70.3 Å². The van der Waals surface area contributed by atoms with Crippen molar-refractivity contribution in [1.29, 1.82) is 0 Å². The average molecular weight is 416 g/mol. The van der Waals surface area contributed by atoms with E-state index in [2.05, 4.69) is 31.3 Å². The van der Waals surface area contributed by atoms with Crippen LogP contribution in [0.1, 0.15) is 41.0 Å². The number of alkyl halides is 1. The molecule has 0 aliphatic rings. The van der Waals surface area contributed by atoms with Gasteiger partial charge in [-0.1, -0.05) is 24.3 Å². The molecule has 6 heteroatoms. The highest BCUT2D eigenvalue weighted by atomic mass is 35.5. The molecule has 2 nitrogen and oxygen atoms in total. The molecule has 0 spiro atoms. The molecule has 0 saturated heterocycles. The molecule has 0 bridgehead atoms. The second-order valence-electron chi connectivity index (χ2n) is 6.82. The summed E-state index contributed by atoms with van der Waals surface area (Å²) >= 11 is 0. The van der Waals surface area contributed by atoms with Crippen molar-refractivity contribution in [2.45, 2.75) is 39.2 Å². The van der Waals surface area contributed by atoms with E-state index in [0.29, 0.717) is 19.6 Å². The van der Waals surface area contributed by atoms with Crippen LogP contribution in [0.25, 0.3) is 0 Å². The van der Waals surface area contributed by atoms with E-state index < -0.39 is 11.6 Å². The van der Waals surface area contributed by atoms with E-state index in [-0.39, 0.29) is 37.2 Å². The summed E-state index contributed by atoms with van der Waals surface area (Å²) in [4.78, 5) is 0. The maximum absolute atomic E-state index is 13.8. The van der Waals surface area contributed by atoms with Gasteiger partial charge in [0, 0.05) is 18.0 Å². The van der Waals surface area contributed by atoms with Gasteiger partial charge in [0.05, 0.1) is 19.9 Å². The third-order valence-corrected chi connectivity index (χ3v) is 4.71. The number of unbranched alkanes of at least 4 members (excludes halogenated alkanes) is 1. The van der Waals surface area contributed by atoms with Gasteiger partial charge in [-0.2, -0.15) is 0 Å². The Balaban J connectivity index is 0.00000392. The van der Waals surface area contributed by atoms with Crippen molar-refractivity contribution in [3.8, 4) is 0 Å². The molecule has 28 heavy (non-hydrogen) atoms. The summed E-state index contributed by atoms with van der Waals surface area (Å²) in [5, 5.41) is 3.35. The van der Waals surface area contributed by atoms with Crippen LogP contribution in [-0.4, -0.2) is 26.4 Å². The van der Waals surface area contributed by atoms with Crippen LogP contribution >= 0.6 is 12.4 Å². The maximum Gasteiger partial charge on any atom is 0.131 e. The fourth-order valence-electron chi connectivity index (χ4n) is 3.31. The first-order valence-corrected chi connectivity index (χ1v) is 9.38. The van der Waals surface area contributed by atoms with E-state index >= 15 is 0 Å². The average Bonchev–Trinajstić information content (AvgIpc) is 2.63. The topological polar surface area (TPSA) is 21.3 Å². The third-order valence-electron chi connectivity index (χ3n) is 4.71. The smallest absolute Gasteiger partial charge is 0.131 e. The highest BCUT2D eigenvalue weighted by molar-refractivity contribution is 5.85. The Morgan fingerprint density at radius 1 is 0.964 bits per heavy atom. The summed E-state index contributed by atoms with van der Waals surface area (Å²) in [5.41, 5.74) is 3.45. The quantitative estimate of drug-likeness (QED) is 0.479. The number of halogens is 4. The van der Waals surface area contributed by atoms with Crippen molar-refractivity contribution in [3.63, 3.8) is 0 Å². The number of nitrogens with one attached hydrogen (secondary N) is 1. The van der Waals surface area contributed by atoms with Crippen LogP contribution in [0, 0.1) is 25.5 Å². The van der Waals surface area contributed by atoms with Crippen molar-refractivity contribution >= 4 is 12.4 Å². The van der Waals surface area contributed by atoms with Gasteiger partial charge in [0.15, 0.2) is 0 Å². The minimum Gasteiger partial charge on any atom is -0.376 e. The zero-order valence-corrected chi connectivity index (χ0v) is 17.3. The first-order chi connectivity index (χ1) is 13.0. The minimum atomic E-state index is -0.594. The van der Waals surface area contributed by atoms with E-state index in [0.717, 1.165) is 24.1 Å². The van der Waals surface area contributed by atoms with Gasteiger partial charge in [0.25, 0.3) is 0 Å². The van der Waals surface area contributed by atoms with Crippen LogP contribution in [0.3, 0.4) is 0 Å². The monoisotopic (exact) mass is 415 g/mol. The van der Waals surface area contributed by atoms with E-state index in [1.807, 2.05) is 6.07 Å². The third kappa shape index (κ3) is 7.12. The fourth-order valence-corrected chi connectivity index (χ4v) is 3.31. The number of rotatable bonds is 11. The Morgan fingerprint density at radius 3 is 2.18 bits per heavy atom. The van der Waals surface area contributed by atoms with Crippen LogP contribution < -0.4 is 5.32 Å². The molecule has 2 aromatic carbocycles. The Morgan fingerprint density at radius 2 is 1.57 bits per heavy atom. The molecule has 2 rings (SSSR count). The second-order valence-corrected chi connectivity index (χ2v) is 6.82. The highest BCUT2D eigenvalue weighted by Gasteiger charge is 2.17. The zero-order chi connectivity index (χ0) is 19.6. The first kappa shape index (κ1) is 24.5. The van der Waals surface area contributed by atoms with Crippen LogP contribution in [0.2, 0.25) is 0 Å². The summed E-state index contributed by atoms with van der Waals surface area (Å²) in [6, 6.07) is 9.92. The molecule has 156 valence electrons. The Kier molecular flexibility index (Phi) is 11.2. The van der Waals surface area contributed by atoms with Crippen molar-refractivity contribution in [2.75, 3.05) is 26.4 Å². The molecule has 0 aromatic heterocycles. The second kappa shape index (κ2) is 12.8.